The van der Waals surface area contributed by atoms with Gasteiger partial charge in [-0.15, -0.1) is 0 Å². The van der Waals surface area contributed by atoms with Gasteiger partial charge in [-0.2, -0.15) is 0 Å². The molecule has 3 aromatic rings. The molecule has 0 unspecified atom stereocenters. The first-order chi connectivity index (χ1) is 12.8. The molecule has 5 nitrogen and oxygen atoms in total. The molecule has 138 valence electrons. The van der Waals surface area contributed by atoms with Crippen LogP contribution in [0.2, 0.25) is 0 Å². The third-order valence-corrected chi connectivity index (χ3v) is 3.46. The zero-order chi connectivity index (χ0) is 19.6. The Morgan fingerprint density at radius 1 is 0.889 bits per heavy atom. The molecule has 0 saturated carbocycles. The second-order valence-corrected chi connectivity index (χ2v) is 5.49. The van der Waals surface area contributed by atoms with E-state index >= 15 is 0 Å². The Bertz CT molecular complexity index is 1010. The van der Waals surface area contributed by atoms with E-state index in [1.807, 2.05) is 0 Å². The molecule has 27 heavy (non-hydrogen) atoms. The lowest BCUT2D eigenvalue weighted by atomic mass is 10.2. The zero-order valence-electron chi connectivity index (χ0n) is 13.9. The topological polar surface area (TPSA) is 66.9 Å². The lowest BCUT2D eigenvalue weighted by molar-refractivity contribution is 0.102. The largest absolute Gasteiger partial charge is 0.340 e. The summed E-state index contributed by atoms with van der Waals surface area (Å²) >= 11 is 0. The first-order valence-corrected chi connectivity index (χ1v) is 7.66. The fraction of sp³-hybridized carbons (Fsp3) is 0.0556. The maximum absolute atomic E-state index is 13.7. The number of carbonyl (C=O) groups excluding carboxylic acids is 1. The van der Waals surface area contributed by atoms with E-state index in [2.05, 4.69) is 20.6 Å². The number of aromatic nitrogens is 2. The summed E-state index contributed by atoms with van der Waals surface area (Å²) < 4.78 is 53.7. The van der Waals surface area contributed by atoms with Crippen molar-refractivity contribution in [2.45, 2.75) is 6.92 Å². The average molecular weight is 376 g/mol. The van der Waals surface area contributed by atoms with Gasteiger partial charge in [0.05, 0.1) is 0 Å². The van der Waals surface area contributed by atoms with Crippen molar-refractivity contribution in [3.05, 3.63) is 77.3 Å². The molecular weight excluding hydrogens is 364 g/mol. The van der Waals surface area contributed by atoms with Gasteiger partial charge in [-0.25, -0.2) is 27.5 Å². The lowest BCUT2D eigenvalue weighted by Crippen LogP contribution is -2.17. The van der Waals surface area contributed by atoms with Crippen molar-refractivity contribution in [2.75, 3.05) is 10.6 Å². The lowest BCUT2D eigenvalue weighted by Gasteiger charge is -2.10. The monoisotopic (exact) mass is 376 g/mol. The van der Waals surface area contributed by atoms with Gasteiger partial charge in [-0.3, -0.25) is 4.79 Å². The van der Waals surface area contributed by atoms with Gasteiger partial charge in [-0.05, 0) is 31.2 Å². The molecule has 0 saturated heterocycles. The van der Waals surface area contributed by atoms with Crippen LogP contribution in [0.5, 0.6) is 0 Å². The van der Waals surface area contributed by atoms with Gasteiger partial charge in [-0.1, -0.05) is 6.07 Å². The zero-order valence-corrected chi connectivity index (χ0v) is 13.9. The summed E-state index contributed by atoms with van der Waals surface area (Å²) in [6.45, 7) is 1.50. The second-order valence-electron chi connectivity index (χ2n) is 5.49. The number of nitrogens with zero attached hydrogens (tertiary/aromatic N) is 2. The number of hydrogen-bond acceptors (Lipinski definition) is 4. The van der Waals surface area contributed by atoms with E-state index in [1.54, 1.807) is 0 Å². The van der Waals surface area contributed by atoms with Crippen LogP contribution in [-0.2, 0) is 0 Å². The standard InChI is InChI=1S/C18H12F4N4O/c1-9-23-15(18(27)26-17-12(20)3-2-4-13(17)21)8-16(24-9)25-10-5-6-11(19)14(22)7-10/h2-8H,1H3,(H,26,27)(H,23,24,25). The molecule has 3 rings (SSSR count). The van der Waals surface area contributed by atoms with Gasteiger partial charge >= 0.3 is 0 Å². The molecule has 2 aromatic carbocycles. The van der Waals surface area contributed by atoms with E-state index in [0.717, 1.165) is 24.3 Å². The van der Waals surface area contributed by atoms with Crippen molar-refractivity contribution in [3.63, 3.8) is 0 Å². The molecule has 0 radical (unpaired) electrons. The SMILES string of the molecule is Cc1nc(Nc2ccc(F)c(F)c2)cc(C(=O)Nc2c(F)cccc2F)n1. The Hall–Kier alpha value is -3.49. The summed E-state index contributed by atoms with van der Waals surface area (Å²) in [7, 11) is 0. The maximum atomic E-state index is 13.7. The summed E-state index contributed by atoms with van der Waals surface area (Å²) in [5.41, 5.74) is -0.581. The molecule has 0 aliphatic rings. The molecule has 0 bridgehead atoms. The number of anilines is 3. The van der Waals surface area contributed by atoms with E-state index in [-0.39, 0.29) is 23.0 Å². The van der Waals surface area contributed by atoms with Gasteiger partial charge < -0.3 is 10.6 Å². The quantitative estimate of drug-likeness (QED) is 0.665. The number of aryl methyl sites for hydroxylation is 1. The highest BCUT2D eigenvalue weighted by molar-refractivity contribution is 6.03. The van der Waals surface area contributed by atoms with E-state index in [9.17, 15) is 22.4 Å². The molecule has 1 amide bonds. The van der Waals surface area contributed by atoms with Crippen LogP contribution in [0.4, 0.5) is 34.8 Å². The average Bonchev–Trinajstić information content (AvgIpc) is 2.61. The Kier molecular flexibility index (Phi) is 5.02. The predicted octanol–water partition coefficient (Wildman–Crippen LogP) is 4.34. The summed E-state index contributed by atoms with van der Waals surface area (Å²) in [6.07, 6.45) is 0. The minimum absolute atomic E-state index is 0.118. The fourth-order valence-electron chi connectivity index (χ4n) is 2.26. The molecule has 0 atom stereocenters. The number of nitrogens with one attached hydrogen (secondary N) is 2. The normalized spacial score (nSPS) is 10.6. The molecule has 1 heterocycles. The van der Waals surface area contributed by atoms with Crippen molar-refractivity contribution in [3.8, 4) is 0 Å². The van der Waals surface area contributed by atoms with Gasteiger partial charge in [0, 0.05) is 17.8 Å². The fourth-order valence-corrected chi connectivity index (χ4v) is 2.26. The molecule has 0 fully saturated rings. The maximum Gasteiger partial charge on any atom is 0.274 e. The van der Waals surface area contributed by atoms with Crippen molar-refractivity contribution in [1.82, 2.24) is 9.97 Å². The molecule has 0 spiro atoms. The number of benzene rings is 2. The number of halogens is 4. The molecule has 1 aromatic heterocycles. The third-order valence-electron chi connectivity index (χ3n) is 3.46. The van der Waals surface area contributed by atoms with Crippen LogP contribution in [0, 0.1) is 30.2 Å². The molecular formula is C18H12F4N4O. The van der Waals surface area contributed by atoms with Crippen molar-refractivity contribution < 1.29 is 22.4 Å². The molecule has 2 N–H and O–H groups in total. The minimum atomic E-state index is -1.06. The highest BCUT2D eigenvalue weighted by Crippen LogP contribution is 2.21. The van der Waals surface area contributed by atoms with Crippen LogP contribution in [0.1, 0.15) is 16.3 Å². The van der Waals surface area contributed by atoms with Crippen LogP contribution < -0.4 is 10.6 Å². The summed E-state index contributed by atoms with van der Waals surface area (Å²) in [4.78, 5) is 20.3. The van der Waals surface area contributed by atoms with Gasteiger partial charge in [0.2, 0.25) is 0 Å². The second kappa shape index (κ2) is 7.40. The third kappa shape index (κ3) is 4.20. The number of para-hydroxylation sites is 1. The molecule has 0 aliphatic carbocycles. The van der Waals surface area contributed by atoms with Gasteiger partial charge in [0.25, 0.3) is 5.91 Å². The first-order valence-electron chi connectivity index (χ1n) is 7.66. The first kappa shape index (κ1) is 18.3. The van der Waals surface area contributed by atoms with Crippen LogP contribution in [-0.4, -0.2) is 15.9 Å². The number of amides is 1. The number of rotatable bonds is 4. The van der Waals surface area contributed by atoms with Crippen molar-refractivity contribution in [1.29, 1.82) is 0 Å². The Labute approximate surface area is 151 Å². The van der Waals surface area contributed by atoms with E-state index < -0.39 is 34.9 Å². The van der Waals surface area contributed by atoms with Crippen LogP contribution in [0.15, 0.2) is 42.5 Å². The Morgan fingerprint density at radius 3 is 2.26 bits per heavy atom. The molecule has 0 aliphatic heterocycles. The van der Waals surface area contributed by atoms with Crippen LogP contribution >= 0.6 is 0 Å². The van der Waals surface area contributed by atoms with Crippen LogP contribution in [0.25, 0.3) is 0 Å². The highest BCUT2D eigenvalue weighted by atomic mass is 19.2. The highest BCUT2D eigenvalue weighted by Gasteiger charge is 2.16. The predicted molar refractivity (Wildman–Crippen MR) is 90.7 cm³/mol. The van der Waals surface area contributed by atoms with Crippen molar-refractivity contribution >= 4 is 23.1 Å². The Morgan fingerprint density at radius 2 is 1.59 bits per heavy atom. The van der Waals surface area contributed by atoms with Crippen molar-refractivity contribution in [2.24, 2.45) is 0 Å². The summed E-state index contributed by atoms with van der Waals surface area (Å²) in [6, 6.07) is 7.51. The van der Waals surface area contributed by atoms with Gasteiger partial charge in [0.1, 0.15) is 34.7 Å². The van der Waals surface area contributed by atoms with E-state index in [0.29, 0.717) is 0 Å². The summed E-state index contributed by atoms with van der Waals surface area (Å²) in [5, 5.41) is 4.82. The van der Waals surface area contributed by atoms with E-state index in [4.69, 9.17) is 0 Å². The smallest absolute Gasteiger partial charge is 0.274 e. The van der Waals surface area contributed by atoms with E-state index in [1.165, 1.54) is 25.1 Å². The number of carbonyl (C=O) groups is 1. The molecule has 9 heteroatoms. The minimum Gasteiger partial charge on any atom is -0.340 e. The van der Waals surface area contributed by atoms with Crippen LogP contribution in [0.3, 0.4) is 0 Å². The summed E-state index contributed by atoms with van der Waals surface area (Å²) in [5.74, 6) is -4.50. The number of hydrogen-bond donors (Lipinski definition) is 2. The Balaban J connectivity index is 1.86. The van der Waals surface area contributed by atoms with Gasteiger partial charge in [0.15, 0.2) is 11.6 Å².